The van der Waals surface area contributed by atoms with Crippen molar-refractivity contribution < 1.29 is 14.7 Å². The number of rotatable bonds is 2. The number of carbonyl (C=O) groups is 2. The van der Waals surface area contributed by atoms with Gasteiger partial charge in [0, 0.05) is 13.0 Å². The number of aromatic nitrogens is 2. The zero-order valence-electron chi connectivity index (χ0n) is 8.75. The molecule has 6 nitrogen and oxygen atoms in total. The van der Waals surface area contributed by atoms with E-state index in [-0.39, 0.29) is 18.9 Å². The summed E-state index contributed by atoms with van der Waals surface area (Å²) in [5, 5.41) is 8.83. The van der Waals surface area contributed by atoms with Crippen LogP contribution in [0, 0.1) is 12.8 Å². The maximum absolute atomic E-state index is 11.6. The monoisotopic (exact) mass is 221 g/mol. The Morgan fingerprint density at radius 1 is 1.50 bits per heavy atom. The summed E-state index contributed by atoms with van der Waals surface area (Å²) >= 11 is 0. The lowest BCUT2D eigenvalue weighted by Crippen LogP contribution is -2.26. The fourth-order valence-electron chi connectivity index (χ4n) is 1.65. The van der Waals surface area contributed by atoms with Gasteiger partial charge in [0.25, 0.3) is 0 Å². The number of carboxylic acids is 1. The fourth-order valence-corrected chi connectivity index (χ4v) is 1.65. The van der Waals surface area contributed by atoms with Crippen LogP contribution in [0.1, 0.15) is 12.2 Å². The highest BCUT2D eigenvalue weighted by molar-refractivity contribution is 5.98. The van der Waals surface area contributed by atoms with E-state index in [1.54, 1.807) is 6.92 Å². The van der Waals surface area contributed by atoms with Crippen LogP contribution < -0.4 is 4.90 Å². The smallest absolute Gasteiger partial charge is 0.308 e. The molecule has 1 unspecified atom stereocenters. The zero-order valence-corrected chi connectivity index (χ0v) is 8.75. The Labute approximate surface area is 91.9 Å². The van der Waals surface area contributed by atoms with Gasteiger partial charge in [0.05, 0.1) is 24.0 Å². The van der Waals surface area contributed by atoms with E-state index in [9.17, 15) is 9.59 Å². The Kier molecular flexibility index (Phi) is 2.55. The van der Waals surface area contributed by atoms with E-state index in [0.717, 1.165) is 0 Å². The van der Waals surface area contributed by atoms with Gasteiger partial charge in [0.2, 0.25) is 5.91 Å². The minimum absolute atomic E-state index is 0.0449. The molecule has 2 heterocycles. The third kappa shape index (κ3) is 1.86. The molecule has 0 saturated carbocycles. The summed E-state index contributed by atoms with van der Waals surface area (Å²) in [6.07, 6.45) is 3.11. The molecule has 0 spiro atoms. The number of amides is 1. The molecule has 0 bridgehead atoms. The molecule has 1 aromatic heterocycles. The molecule has 0 radical (unpaired) electrons. The molecule has 1 saturated heterocycles. The molecule has 84 valence electrons. The van der Waals surface area contributed by atoms with Crippen LogP contribution >= 0.6 is 0 Å². The third-order valence-corrected chi connectivity index (χ3v) is 2.55. The lowest BCUT2D eigenvalue weighted by atomic mass is 10.1. The Morgan fingerprint density at radius 2 is 2.12 bits per heavy atom. The van der Waals surface area contributed by atoms with Crippen LogP contribution in [0.4, 0.5) is 5.69 Å². The second-order valence-corrected chi connectivity index (χ2v) is 3.73. The fraction of sp³-hybridized carbons (Fsp3) is 0.400. The van der Waals surface area contributed by atoms with E-state index >= 15 is 0 Å². The van der Waals surface area contributed by atoms with Gasteiger partial charge < -0.3 is 10.0 Å². The van der Waals surface area contributed by atoms with Gasteiger partial charge in [0.1, 0.15) is 5.82 Å². The number of anilines is 1. The molecule has 1 aliphatic heterocycles. The van der Waals surface area contributed by atoms with Gasteiger partial charge in [-0.1, -0.05) is 0 Å². The van der Waals surface area contributed by atoms with Crippen molar-refractivity contribution in [3.05, 3.63) is 18.2 Å². The predicted octanol–water partition coefficient (Wildman–Crippen LogP) is 0.223. The molecule has 1 N–H and O–H groups in total. The maximum atomic E-state index is 11.6. The molecule has 0 aliphatic carbocycles. The number of carbonyl (C=O) groups excluding carboxylic acids is 1. The molecule has 1 fully saturated rings. The van der Waals surface area contributed by atoms with E-state index < -0.39 is 11.9 Å². The molecule has 0 aromatic carbocycles. The third-order valence-electron chi connectivity index (χ3n) is 2.55. The highest BCUT2D eigenvalue weighted by Crippen LogP contribution is 2.23. The van der Waals surface area contributed by atoms with E-state index in [1.165, 1.54) is 17.3 Å². The first kappa shape index (κ1) is 10.5. The van der Waals surface area contributed by atoms with Crippen molar-refractivity contribution in [1.82, 2.24) is 9.97 Å². The topological polar surface area (TPSA) is 83.4 Å². The van der Waals surface area contributed by atoms with Crippen LogP contribution in [-0.4, -0.2) is 33.5 Å². The first-order chi connectivity index (χ1) is 7.58. The van der Waals surface area contributed by atoms with Crippen molar-refractivity contribution in [1.29, 1.82) is 0 Å². The van der Waals surface area contributed by atoms with Crippen LogP contribution in [-0.2, 0) is 9.59 Å². The van der Waals surface area contributed by atoms with Crippen LogP contribution in [0.3, 0.4) is 0 Å². The summed E-state index contributed by atoms with van der Waals surface area (Å²) < 4.78 is 0. The van der Waals surface area contributed by atoms with Crippen molar-refractivity contribution in [2.45, 2.75) is 13.3 Å². The normalized spacial score (nSPS) is 20.2. The summed E-state index contributed by atoms with van der Waals surface area (Å²) in [6, 6.07) is 0. The standard InChI is InChI=1S/C10H11N3O3/c1-6-11-3-8(4-12-6)13-5-7(10(15)16)2-9(13)14/h3-4,7H,2,5H2,1H3,(H,15,16). The lowest BCUT2D eigenvalue weighted by Gasteiger charge is -2.14. The lowest BCUT2D eigenvalue weighted by molar-refractivity contribution is -0.141. The summed E-state index contributed by atoms with van der Waals surface area (Å²) in [4.78, 5) is 31.7. The molecule has 6 heteroatoms. The summed E-state index contributed by atoms with van der Waals surface area (Å²) in [6.45, 7) is 1.94. The second-order valence-electron chi connectivity index (χ2n) is 3.73. The first-order valence-electron chi connectivity index (χ1n) is 4.89. The Hall–Kier alpha value is -1.98. The van der Waals surface area contributed by atoms with E-state index in [1.807, 2.05) is 0 Å². The molecule has 16 heavy (non-hydrogen) atoms. The molecule has 1 aromatic rings. The summed E-state index contributed by atoms with van der Waals surface area (Å²) in [7, 11) is 0. The minimum Gasteiger partial charge on any atom is -0.481 e. The van der Waals surface area contributed by atoms with Crippen molar-refractivity contribution in [2.75, 3.05) is 11.4 Å². The summed E-state index contributed by atoms with van der Waals surface area (Å²) in [5.74, 6) is -1.15. The predicted molar refractivity (Wildman–Crippen MR) is 54.9 cm³/mol. The Balaban J connectivity index is 2.20. The number of hydrogen-bond acceptors (Lipinski definition) is 4. The van der Waals surface area contributed by atoms with Gasteiger partial charge in [-0.05, 0) is 6.92 Å². The van der Waals surface area contributed by atoms with Gasteiger partial charge in [-0.2, -0.15) is 0 Å². The van der Waals surface area contributed by atoms with Crippen molar-refractivity contribution >= 4 is 17.6 Å². The van der Waals surface area contributed by atoms with Crippen LogP contribution in [0.15, 0.2) is 12.4 Å². The minimum atomic E-state index is -0.941. The zero-order chi connectivity index (χ0) is 11.7. The highest BCUT2D eigenvalue weighted by atomic mass is 16.4. The van der Waals surface area contributed by atoms with Crippen LogP contribution in [0.2, 0.25) is 0 Å². The number of hydrogen-bond donors (Lipinski definition) is 1. The van der Waals surface area contributed by atoms with Gasteiger partial charge in [-0.3, -0.25) is 9.59 Å². The van der Waals surface area contributed by atoms with Gasteiger partial charge >= 0.3 is 5.97 Å². The maximum Gasteiger partial charge on any atom is 0.308 e. The van der Waals surface area contributed by atoms with Crippen molar-refractivity contribution in [2.24, 2.45) is 5.92 Å². The van der Waals surface area contributed by atoms with Crippen LogP contribution in [0.25, 0.3) is 0 Å². The average molecular weight is 221 g/mol. The van der Waals surface area contributed by atoms with E-state index in [4.69, 9.17) is 5.11 Å². The molecule has 1 aliphatic rings. The number of aliphatic carboxylic acids is 1. The largest absolute Gasteiger partial charge is 0.481 e. The summed E-state index contributed by atoms with van der Waals surface area (Å²) in [5.41, 5.74) is 0.555. The van der Waals surface area contributed by atoms with E-state index in [2.05, 4.69) is 9.97 Å². The molecule has 1 amide bonds. The van der Waals surface area contributed by atoms with Crippen molar-refractivity contribution in [3.63, 3.8) is 0 Å². The van der Waals surface area contributed by atoms with E-state index in [0.29, 0.717) is 11.5 Å². The number of nitrogens with zero attached hydrogens (tertiary/aromatic N) is 3. The Morgan fingerprint density at radius 3 is 2.62 bits per heavy atom. The second kappa shape index (κ2) is 3.88. The van der Waals surface area contributed by atoms with Gasteiger partial charge in [-0.25, -0.2) is 9.97 Å². The van der Waals surface area contributed by atoms with Gasteiger partial charge in [0.15, 0.2) is 0 Å². The van der Waals surface area contributed by atoms with Crippen molar-refractivity contribution in [3.8, 4) is 0 Å². The highest BCUT2D eigenvalue weighted by Gasteiger charge is 2.35. The van der Waals surface area contributed by atoms with Gasteiger partial charge in [-0.15, -0.1) is 0 Å². The average Bonchev–Trinajstić information content (AvgIpc) is 2.62. The number of carboxylic acid groups (broad SMARTS) is 1. The first-order valence-corrected chi connectivity index (χ1v) is 4.89. The SMILES string of the molecule is Cc1ncc(N2CC(C(=O)O)CC2=O)cn1. The molecular weight excluding hydrogens is 210 g/mol. The van der Waals surface area contributed by atoms with Crippen LogP contribution in [0.5, 0.6) is 0 Å². The molecular formula is C10H11N3O3. The molecule has 1 atom stereocenters. The Bertz CT molecular complexity index is 429. The molecule has 2 rings (SSSR count). The number of aryl methyl sites for hydroxylation is 1. The quantitative estimate of drug-likeness (QED) is 0.772.